The van der Waals surface area contributed by atoms with Crippen molar-refractivity contribution in [2.75, 3.05) is 18.6 Å². The van der Waals surface area contributed by atoms with E-state index >= 15 is 0 Å². The van der Waals surface area contributed by atoms with Crippen LogP contribution in [-0.4, -0.2) is 35.6 Å². The molecule has 0 spiro atoms. The van der Waals surface area contributed by atoms with Gasteiger partial charge in [0.15, 0.2) is 11.5 Å². The van der Waals surface area contributed by atoms with Crippen molar-refractivity contribution < 1.29 is 29.3 Å². The number of aryl methyl sites for hydroxylation is 1. The van der Waals surface area contributed by atoms with Gasteiger partial charge in [-0.25, -0.2) is 0 Å². The average molecular weight is 494 g/mol. The quantitative estimate of drug-likeness (QED) is 0.271. The SMILES string of the molecule is CCOc1cc(C2/C(=C(/O)c3cccc(Cl)c3)C(=O)C(=O)N2c2cc(C)ccc2O)ccc1OC. The number of ether oxygens (including phenoxy) is 2. The summed E-state index contributed by atoms with van der Waals surface area (Å²) in [5.74, 6) is -1.44. The fraction of sp³-hybridized carbons (Fsp3) is 0.185. The Labute approximate surface area is 207 Å². The molecule has 1 unspecified atom stereocenters. The number of aromatic hydroxyl groups is 1. The monoisotopic (exact) mass is 493 g/mol. The molecule has 1 aliphatic heterocycles. The van der Waals surface area contributed by atoms with Gasteiger partial charge in [0.25, 0.3) is 11.7 Å². The van der Waals surface area contributed by atoms with Crippen LogP contribution in [0.2, 0.25) is 5.02 Å². The van der Waals surface area contributed by atoms with Gasteiger partial charge in [0.2, 0.25) is 0 Å². The van der Waals surface area contributed by atoms with Gasteiger partial charge >= 0.3 is 0 Å². The molecule has 4 rings (SSSR count). The third-order valence-corrected chi connectivity index (χ3v) is 5.97. The molecule has 180 valence electrons. The number of anilines is 1. The molecule has 0 aliphatic carbocycles. The summed E-state index contributed by atoms with van der Waals surface area (Å²) in [6, 6.07) is 15.1. The van der Waals surface area contributed by atoms with Gasteiger partial charge in [-0.2, -0.15) is 0 Å². The second-order valence-corrected chi connectivity index (χ2v) is 8.45. The lowest BCUT2D eigenvalue weighted by atomic mass is 9.94. The van der Waals surface area contributed by atoms with Crippen molar-refractivity contribution >= 4 is 34.7 Å². The zero-order valence-corrected chi connectivity index (χ0v) is 20.2. The van der Waals surface area contributed by atoms with Crippen LogP contribution in [0.5, 0.6) is 17.2 Å². The van der Waals surface area contributed by atoms with E-state index < -0.39 is 17.7 Å². The molecule has 1 atom stereocenters. The van der Waals surface area contributed by atoms with Crippen LogP contribution in [-0.2, 0) is 9.59 Å². The number of rotatable bonds is 6. The highest BCUT2D eigenvalue weighted by Gasteiger charge is 2.48. The Balaban J connectivity index is 2.00. The normalized spacial score (nSPS) is 17.0. The van der Waals surface area contributed by atoms with Crippen LogP contribution < -0.4 is 14.4 Å². The van der Waals surface area contributed by atoms with Crippen molar-refractivity contribution in [1.82, 2.24) is 0 Å². The minimum atomic E-state index is -1.05. The number of halogens is 1. The van der Waals surface area contributed by atoms with Crippen LogP contribution in [0.1, 0.15) is 29.7 Å². The molecule has 7 nitrogen and oxygen atoms in total. The molecule has 0 saturated carbocycles. The highest BCUT2D eigenvalue weighted by Crippen LogP contribution is 2.46. The van der Waals surface area contributed by atoms with Gasteiger partial charge < -0.3 is 19.7 Å². The molecule has 1 fully saturated rings. The summed E-state index contributed by atoms with van der Waals surface area (Å²) >= 11 is 6.11. The summed E-state index contributed by atoms with van der Waals surface area (Å²) in [4.78, 5) is 27.9. The molecule has 1 amide bonds. The Morgan fingerprint density at radius 1 is 1.06 bits per heavy atom. The zero-order chi connectivity index (χ0) is 25.3. The van der Waals surface area contributed by atoms with Gasteiger partial charge in [0, 0.05) is 10.6 Å². The van der Waals surface area contributed by atoms with Crippen molar-refractivity contribution in [1.29, 1.82) is 0 Å². The molecule has 3 aromatic rings. The maximum Gasteiger partial charge on any atom is 0.300 e. The van der Waals surface area contributed by atoms with E-state index in [1.807, 2.05) is 6.92 Å². The second kappa shape index (κ2) is 9.72. The fourth-order valence-corrected chi connectivity index (χ4v) is 4.34. The summed E-state index contributed by atoms with van der Waals surface area (Å²) in [6.07, 6.45) is 0. The first-order chi connectivity index (χ1) is 16.8. The van der Waals surface area contributed by atoms with Gasteiger partial charge in [-0.1, -0.05) is 35.9 Å². The van der Waals surface area contributed by atoms with Crippen molar-refractivity contribution in [3.8, 4) is 17.2 Å². The number of nitrogens with zero attached hydrogens (tertiary/aromatic N) is 1. The van der Waals surface area contributed by atoms with E-state index in [4.69, 9.17) is 21.1 Å². The first kappa shape index (κ1) is 24.2. The predicted octanol–water partition coefficient (Wildman–Crippen LogP) is 5.39. The van der Waals surface area contributed by atoms with E-state index in [9.17, 15) is 19.8 Å². The number of hydrogen-bond donors (Lipinski definition) is 2. The predicted molar refractivity (Wildman–Crippen MR) is 133 cm³/mol. The molecule has 0 bridgehead atoms. The van der Waals surface area contributed by atoms with E-state index in [2.05, 4.69) is 0 Å². The van der Waals surface area contributed by atoms with Gasteiger partial charge in [0.05, 0.1) is 31.0 Å². The molecule has 8 heteroatoms. The lowest BCUT2D eigenvalue weighted by Gasteiger charge is -2.27. The van der Waals surface area contributed by atoms with Crippen LogP contribution in [0.3, 0.4) is 0 Å². The largest absolute Gasteiger partial charge is 0.507 e. The smallest absolute Gasteiger partial charge is 0.300 e. The third-order valence-electron chi connectivity index (χ3n) is 5.74. The van der Waals surface area contributed by atoms with E-state index in [1.165, 1.54) is 24.1 Å². The molecule has 1 aliphatic rings. The molecule has 2 N–H and O–H groups in total. The number of phenols is 1. The molecule has 0 radical (unpaired) electrons. The summed E-state index contributed by atoms with van der Waals surface area (Å²) < 4.78 is 11.1. The molecule has 35 heavy (non-hydrogen) atoms. The maximum atomic E-state index is 13.3. The van der Waals surface area contributed by atoms with Crippen molar-refractivity contribution in [3.63, 3.8) is 0 Å². The molecular formula is C27H24ClNO6. The Morgan fingerprint density at radius 2 is 1.83 bits per heavy atom. The first-order valence-electron chi connectivity index (χ1n) is 10.9. The molecule has 1 heterocycles. The number of amides is 1. The minimum Gasteiger partial charge on any atom is -0.507 e. The Kier molecular flexibility index (Phi) is 6.71. The number of ketones is 1. The minimum absolute atomic E-state index is 0.134. The summed E-state index contributed by atoms with van der Waals surface area (Å²) in [7, 11) is 1.51. The molecule has 1 saturated heterocycles. The summed E-state index contributed by atoms with van der Waals surface area (Å²) in [5, 5.41) is 22.2. The number of aliphatic hydroxyl groups excluding tert-OH is 1. The molecular weight excluding hydrogens is 470 g/mol. The van der Waals surface area contributed by atoms with Crippen LogP contribution >= 0.6 is 11.6 Å². The highest BCUT2D eigenvalue weighted by atomic mass is 35.5. The molecule has 3 aromatic carbocycles. The van der Waals surface area contributed by atoms with E-state index in [-0.39, 0.29) is 28.3 Å². The topological polar surface area (TPSA) is 96.3 Å². The van der Waals surface area contributed by atoms with Crippen LogP contribution in [0.4, 0.5) is 5.69 Å². The van der Waals surface area contributed by atoms with Crippen molar-refractivity contribution in [3.05, 3.63) is 87.9 Å². The molecule has 0 aromatic heterocycles. The Morgan fingerprint density at radius 3 is 2.51 bits per heavy atom. The van der Waals surface area contributed by atoms with Gasteiger partial charge in [-0.15, -0.1) is 0 Å². The number of hydrogen-bond acceptors (Lipinski definition) is 6. The summed E-state index contributed by atoms with van der Waals surface area (Å²) in [6.45, 7) is 3.99. The Bertz CT molecular complexity index is 1350. The standard InChI is InChI=1S/C27H24ClNO6/c1-4-35-22-14-16(9-11-21(22)34-3)24-23(25(31)17-6-5-7-18(28)13-17)26(32)27(33)29(24)19-12-15(2)8-10-20(19)30/h5-14,24,30-31H,4H2,1-3H3/b25-23-. The van der Waals surface area contributed by atoms with Crippen LogP contribution in [0, 0.1) is 6.92 Å². The average Bonchev–Trinajstić information content (AvgIpc) is 3.10. The number of aliphatic hydroxyl groups is 1. The van der Waals surface area contributed by atoms with E-state index in [0.29, 0.717) is 28.7 Å². The lowest BCUT2D eigenvalue weighted by molar-refractivity contribution is -0.132. The number of Topliss-reactive ketones (excluding diaryl/α,β-unsaturated/α-hetero) is 1. The highest BCUT2D eigenvalue weighted by molar-refractivity contribution is 6.52. The number of carbonyl (C=O) groups excluding carboxylic acids is 2. The van der Waals surface area contributed by atoms with Gasteiger partial charge in [0.1, 0.15) is 11.5 Å². The zero-order valence-electron chi connectivity index (χ0n) is 19.4. The number of phenolic OH excluding ortho intramolecular Hbond substituents is 1. The second-order valence-electron chi connectivity index (χ2n) is 8.01. The first-order valence-corrected chi connectivity index (χ1v) is 11.3. The number of carbonyl (C=O) groups is 2. The van der Waals surface area contributed by atoms with Crippen molar-refractivity contribution in [2.24, 2.45) is 0 Å². The van der Waals surface area contributed by atoms with Gasteiger partial charge in [-0.05, 0) is 61.4 Å². The van der Waals surface area contributed by atoms with Crippen molar-refractivity contribution in [2.45, 2.75) is 19.9 Å². The lowest BCUT2D eigenvalue weighted by Crippen LogP contribution is -2.29. The van der Waals surface area contributed by atoms with Crippen LogP contribution in [0.15, 0.2) is 66.2 Å². The summed E-state index contributed by atoms with van der Waals surface area (Å²) in [5.41, 5.74) is 1.56. The maximum absolute atomic E-state index is 13.3. The third kappa shape index (κ3) is 4.42. The Hall–Kier alpha value is -3.97. The van der Waals surface area contributed by atoms with E-state index in [0.717, 1.165) is 5.56 Å². The van der Waals surface area contributed by atoms with E-state index in [1.54, 1.807) is 55.5 Å². The number of methoxy groups -OCH3 is 1. The number of benzene rings is 3. The van der Waals surface area contributed by atoms with Gasteiger partial charge in [-0.3, -0.25) is 14.5 Å². The fourth-order valence-electron chi connectivity index (χ4n) is 4.15. The van der Waals surface area contributed by atoms with Crippen LogP contribution in [0.25, 0.3) is 5.76 Å².